The van der Waals surface area contributed by atoms with Crippen LogP contribution in [0.4, 0.5) is 5.82 Å². The molecule has 2 aliphatic rings. The van der Waals surface area contributed by atoms with Crippen LogP contribution in [0, 0.1) is 0 Å². The van der Waals surface area contributed by atoms with Crippen molar-refractivity contribution >= 4 is 5.82 Å². The van der Waals surface area contributed by atoms with Crippen LogP contribution in [0.15, 0.2) is 30.7 Å². The third kappa shape index (κ3) is 2.28. The van der Waals surface area contributed by atoms with Gasteiger partial charge >= 0.3 is 0 Å². The second kappa shape index (κ2) is 5.38. The van der Waals surface area contributed by atoms with E-state index in [1.165, 1.54) is 25.7 Å². The molecule has 0 aliphatic carbocycles. The van der Waals surface area contributed by atoms with Gasteiger partial charge in [-0.25, -0.2) is 9.97 Å². The molecule has 5 nitrogen and oxygen atoms in total. The van der Waals surface area contributed by atoms with Crippen molar-refractivity contribution in [1.82, 2.24) is 19.7 Å². The summed E-state index contributed by atoms with van der Waals surface area (Å²) in [4.78, 5) is 11.8. The Morgan fingerprint density at radius 3 is 2.50 bits per heavy atom. The van der Waals surface area contributed by atoms with Gasteiger partial charge in [0, 0.05) is 36.6 Å². The molecule has 0 radical (unpaired) electrons. The zero-order valence-electron chi connectivity index (χ0n) is 13.3. The van der Waals surface area contributed by atoms with E-state index in [1.807, 2.05) is 18.5 Å². The molecule has 0 aromatic carbocycles. The van der Waals surface area contributed by atoms with Crippen LogP contribution < -0.4 is 4.90 Å². The van der Waals surface area contributed by atoms with Gasteiger partial charge in [0.15, 0.2) is 0 Å². The number of aromatic nitrogens is 4. The van der Waals surface area contributed by atoms with E-state index in [2.05, 4.69) is 45.8 Å². The second-order valence-corrected chi connectivity index (χ2v) is 6.83. The summed E-state index contributed by atoms with van der Waals surface area (Å²) in [6.07, 6.45) is 10.8. The maximum Gasteiger partial charge on any atom is 0.133 e. The van der Waals surface area contributed by atoms with Crippen LogP contribution in [0.2, 0.25) is 0 Å². The summed E-state index contributed by atoms with van der Waals surface area (Å²) in [6, 6.07) is 5.81. The zero-order valence-corrected chi connectivity index (χ0v) is 13.3. The highest BCUT2D eigenvalue weighted by atomic mass is 15.3. The van der Waals surface area contributed by atoms with Gasteiger partial charge < -0.3 is 4.90 Å². The SMILES string of the molecule is CC(C)c1nccc(N2C3CCC2CC(n2cccn2)C3)n1. The molecular weight excluding hydrogens is 274 g/mol. The Bertz CT molecular complexity index is 622. The topological polar surface area (TPSA) is 46.8 Å². The smallest absolute Gasteiger partial charge is 0.133 e. The highest BCUT2D eigenvalue weighted by molar-refractivity contribution is 5.43. The van der Waals surface area contributed by atoms with Gasteiger partial charge in [0.1, 0.15) is 11.6 Å². The van der Waals surface area contributed by atoms with E-state index in [4.69, 9.17) is 4.98 Å². The average Bonchev–Trinajstić information content (AvgIpc) is 3.14. The number of rotatable bonds is 3. The summed E-state index contributed by atoms with van der Waals surface area (Å²) in [5.74, 6) is 2.44. The normalized spacial score (nSPS) is 27.6. The maximum atomic E-state index is 4.82. The Labute approximate surface area is 131 Å². The minimum Gasteiger partial charge on any atom is -0.350 e. The van der Waals surface area contributed by atoms with Crippen molar-refractivity contribution in [1.29, 1.82) is 0 Å². The van der Waals surface area contributed by atoms with Crippen molar-refractivity contribution < 1.29 is 0 Å². The molecule has 2 bridgehead atoms. The number of piperidine rings is 1. The number of hydrogen-bond donors (Lipinski definition) is 0. The third-order valence-corrected chi connectivity index (χ3v) is 5.05. The number of nitrogens with zero attached hydrogens (tertiary/aromatic N) is 5. The highest BCUT2D eigenvalue weighted by Gasteiger charge is 2.42. The van der Waals surface area contributed by atoms with Gasteiger partial charge in [-0.3, -0.25) is 4.68 Å². The fourth-order valence-corrected chi connectivity index (χ4v) is 4.02. The summed E-state index contributed by atoms with van der Waals surface area (Å²) in [5, 5.41) is 4.44. The van der Waals surface area contributed by atoms with Crippen molar-refractivity contribution in [3.05, 3.63) is 36.5 Å². The van der Waals surface area contributed by atoms with E-state index in [0.717, 1.165) is 11.6 Å². The van der Waals surface area contributed by atoms with Crippen LogP contribution >= 0.6 is 0 Å². The molecule has 22 heavy (non-hydrogen) atoms. The van der Waals surface area contributed by atoms with Crippen LogP contribution in [0.3, 0.4) is 0 Å². The Kier molecular flexibility index (Phi) is 3.36. The molecule has 116 valence electrons. The molecule has 2 unspecified atom stereocenters. The van der Waals surface area contributed by atoms with Crippen LogP contribution in [0.5, 0.6) is 0 Å². The molecule has 0 amide bonds. The van der Waals surface area contributed by atoms with Gasteiger partial charge in [0.25, 0.3) is 0 Å². The predicted octanol–water partition coefficient (Wildman–Crippen LogP) is 3.17. The fraction of sp³-hybridized carbons (Fsp3) is 0.588. The first-order valence-electron chi connectivity index (χ1n) is 8.33. The van der Waals surface area contributed by atoms with Gasteiger partial charge in [-0.1, -0.05) is 13.8 Å². The largest absolute Gasteiger partial charge is 0.350 e. The maximum absolute atomic E-state index is 4.82. The quantitative estimate of drug-likeness (QED) is 0.873. The Morgan fingerprint density at radius 2 is 1.86 bits per heavy atom. The van der Waals surface area contributed by atoms with E-state index >= 15 is 0 Å². The van der Waals surface area contributed by atoms with Crippen LogP contribution in [-0.4, -0.2) is 31.8 Å². The lowest BCUT2D eigenvalue weighted by atomic mass is 9.97. The molecule has 2 aromatic rings. The third-order valence-electron chi connectivity index (χ3n) is 5.05. The van der Waals surface area contributed by atoms with Crippen LogP contribution in [-0.2, 0) is 0 Å². The minimum atomic E-state index is 0.374. The summed E-state index contributed by atoms with van der Waals surface area (Å²) in [5.41, 5.74) is 0. The summed E-state index contributed by atoms with van der Waals surface area (Å²) >= 11 is 0. The van der Waals surface area contributed by atoms with Gasteiger partial charge in [0.05, 0.1) is 6.04 Å². The fourth-order valence-electron chi connectivity index (χ4n) is 4.02. The lowest BCUT2D eigenvalue weighted by Gasteiger charge is -2.40. The van der Waals surface area contributed by atoms with Gasteiger partial charge in [-0.15, -0.1) is 0 Å². The van der Waals surface area contributed by atoms with Crippen molar-refractivity contribution in [2.75, 3.05) is 4.90 Å². The molecular formula is C17H23N5. The zero-order chi connectivity index (χ0) is 15.1. The van der Waals surface area contributed by atoms with Gasteiger partial charge in [-0.05, 0) is 37.8 Å². The predicted molar refractivity (Wildman–Crippen MR) is 85.9 cm³/mol. The molecule has 0 spiro atoms. The van der Waals surface area contributed by atoms with E-state index in [0.29, 0.717) is 24.0 Å². The molecule has 0 N–H and O–H groups in total. The average molecular weight is 297 g/mol. The molecule has 4 rings (SSSR count). The first-order valence-corrected chi connectivity index (χ1v) is 8.33. The first-order chi connectivity index (χ1) is 10.7. The van der Waals surface area contributed by atoms with Crippen molar-refractivity contribution in [3.8, 4) is 0 Å². The molecule has 2 aromatic heterocycles. The first kappa shape index (κ1) is 13.7. The molecule has 4 heterocycles. The van der Waals surface area contributed by atoms with Crippen molar-refractivity contribution in [3.63, 3.8) is 0 Å². The van der Waals surface area contributed by atoms with E-state index in [1.54, 1.807) is 0 Å². The molecule has 5 heteroatoms. The lowest BCUT2D eigenvalue weighted by molar-refractivity contribution is 0.313. The lowest BCUT2D eigenvalue weighted by Crippen LogP contribution is -2.44. The number of hydrogen-bond acceptors (Lipinski definition) is 4. The molecule has 2 fully saturated rings. The Balaban J connectivity index is 1.59. The minimum absolute atomic E-state index is 0.374. The number of fused-ring (bicyclic) bond motifs is 2. The standard InChI is InChI=1S/C17H23N5/c1-12(2)17-18-8-6-16(20-17)22-13-4-5-14(22)11-15(10-13)21-9-3-7-19-21/h3,6-9,12-15H,4-5,10-11H2,1-2H3. The molecule has 2 aliphatic heterocycles. The highest BCUT2D eigenvalue weighted by Crippen LogP contribution is 2.42. The summed E-state index contributed by atoms with van der Waals surface area (Å²) in [7, 11) is 0. The molecule has 2 atom stereocenters. The number of anilines is 1. The van der Waals surface area contributed by atoms with Gasteiger partial charge in [0.2, 0.25) is 0 Å². The van der Waals surface area contributed by atoms with E-state index in [9.17, 15) is 0 Å². The van der Waals surface area contributed by atoms with E-state index in [-0.39, 0.29) is 0 Å². The van der Waals surface area contributed by atoms with E-state index < -0.39 is 0 Å². The second-order valence-electron chi connectivity index (χ2n) is 6.83. The summed E-state index contributed by atoms with van der Waals surface area (Å²) < 4.78 is 2.14. The van der Waals surface area contributed by atoms with Crippen molar-refractivity contribution in [2.45, 2.75) is 63.6 Å². The summed E-state index contributed by atoms with van der Waals surface area (Å²) in [6.45, 7) is 4.30. The monoisotopic (exact) mass is 297 g/mol. The van der Waals surface area contributed by atoms with Gasteiger partial charge in [-0.2, -0.15) is 5.10 Å². The van der Waals surface area contributed by atoms with Crippen LogP contribution in [0.1, 0.15) is 57.3 Å². The van der Waals surface area contributed by atoms with Crippen molar-refractivity contribution in [2.24, 2.45) is 0 Å². The van der Waals surface area contributed by atoms with Crippen LogP contribution in [0.25, 0.3) is 0 Å². The Morgan fingerprint density at radius 1 is 1.09 bits per heavy atom. The Hall–Kier alpha value is -1.91. The molecule has 2 saturated heterocycles. The molecule has 0 saturated carbocycles.